The molecule has 3 heteroatoms. The van der Waals surface area contributed by atoms with Gasteiger partial charge in [0.15, 0.2) is 0 Å². The van der Waals surface area contributed by atoms with E-state index in [9.17, 15) is 0 Å². The monoisotopic (exact) mass is 274 g/mol. The normalized spacial score (nSPS) is 14.4. The molecule has 0 spiro atoms. The highest BCUT2D eigenvalue weighted by Gasteiger charge is 2.21. The average Bonchev–Trinajstić information content (AvgIpc) is 2.78. The summed E-state index contributed by atoms with van der Waals surface area (Å²) in [5.74, 6) is 2.19. The summed E-state index contributed by atoms with van der Waals surface area (Å²) in [7, 11) is 0. The van der Waals surface area contributed by atoms with E-state index in [0.717, 1.165) is 29.7 Å². The van der Waals surface area contributed by atoms with Crippen molar-refractivity contribution in [3.05, 3.63) is 46.7 Å². The lowest BCUT2D eigenvalue weighted by molar-refractivity contribution is 0.372. The zero-order valence-electron chi connectivity index (χ0n) is 11.1. The van der Waals surface area contributed by atoms with Gasteiger partial charge in [-0.3, -0.25) is 0 Å². The zero-order chi connectivity index (χ0) is 13.2. The first-order chi connectivity index (χ1) is 9.31. The van der Waals surface area contributed by atoms with Crippen LogP contribution in [0.2, 0.25) is 0 Å². The molecule has 0 bridgehead atoms. The Kier molecular flexibility index (Phi) is 3.67. The molecule has 1 aromatic heterocycles. The molecule has 3 rings (SSSR count). The fourth-order valence-corrected chi connectivity index (χ4v) is 3.06. The van der Waals surface area contributed by atoms with Gasteiger partial charge in [0.1, 0.15) is 11.5 Å². The van der Waals surface area contributed by atoms with Gasteiger partial charge in [-0.1, -0.05) is 24.3 Å². The number of fused-ring (bicyclic) bond motifs is 1. The van der Waals surface area contributed by atoms with Gasteiger partial charge in [0.25, 0.3) is 0 Å². The molecule has 2 nitrogen and oxygen atoms in total. The SMILES string of the molecule is Cc1c(-c2ccccc2COS)oc2c1CCCC2. The van der Waals surface area contributed by atoms with Crippen molar-refractivity contribution in [3.63, 3.8) is 0 Å². The van der Waals surface area contributed by atoms with E-state index in [1.165, 1.54) is 29.7 Å². The molecular weight excluding hydrogens is 256 g/mol. The van der Waals surface area contributed by atoms with E-state index < -0.39 is 0 Å². The van der Waals surface area contributed by atoms with Gasteiger partial charge in [-0.25, -0.2) is 0 Å². The number of hydrogen-bond donors (Lipinski definition) is 1. The molecule has 0 N–H and O–H groups in total. The lowest BCUT2D eigenvalue weighted by atomic mass is 9.94. The molecule has 1 aliphatic carbocycles. The molecule has 1 heterocycles. The van der Waals surface area contributed by atoms with E-state index in [1.54, 1.807) is 0 Å². The van der Waals surface area contributed by atoms with Crippen LogP contribution in [0.5, 0.6) is 0 Å². The highest BCUT2D eigenvalue weighted by Crippen LogP contribution is 2.36. The molecular formula is C16H18O2S. The fraction of sp³-hybridized carbons (Fsp3) is 0.375. The van der Waals surface area contributed by atoms with Crippen LogP contribution in [0.3, 0.4) is 0 Å². The highest BCUT2D eigenvalue weighted by molar-refractivity contribution is 7.75. The summed E-state index contributed by atoms with van der Waals surface area (Å²) < 4.78 is 11.1. The van der Waals surface area contributed by atoms with Crippen molar-refractivity contribution < 1.29 is 8.60 Å². The largest absolute Gasteiger partial charge is 0.461 e. The third-order valence-corrected chi connectivity index (χ3v) is 4.05. The summed E-state index contributed by atoms with van der Waals surface area (Å²) in [5, 5.41) is 0. The van der Waals surface area contributed by atoms with Crippen molar-refractivity contribution >= 4 is 12.9 Å². The van der Waals surface area contributed by atoms with Crippen LogP contribution < -0.4 is 0 Å². The van der Waals surface area contributed by atoms with Crippen LogP contribution in [0.15, 0.2) is 28.7 Å². The van der Waals surface area contributed by atoms with Gasteiger partial charge in [0, 0.05) is 12.0 Å². The average molecular weight is 274 g/mol. The number of benzene rings is 1. The maximum absolute atomic E-state index is 6.13. The number of furan rings is 1. The minimum Gasteiger partial charge on any atom is -0.461 e. The quantitative estimate of drug-likeness (QED) is 0.658. The minimum atomic E-state index is 0.490. The second kappa shape index (κ2) is 5.43. The first-order valence-electron chi connectivity index (χ1n) is 6.77. The second-order valence-electron chi connectivity index (χ2n) is 5.10. The summed E-state index contributed by atoms with van der Waals surface area (Å²) in [5.41, 5.74) is 4.96. The van der Waals surface area contributed by atoms with Gasteiger partial charge in [0.2, 0.25) is 0 Å². The van der Waals surface area contributed by atoms with Crippen LogP contribution >= 0.6 is 12.9 Å². The van der Waals surface area contributed by atoms with Crippen molar-refractivity contribution in [2.75, 3.05) is 0 Å². The number of rotatable bonds is 3. The Labute approximate surface area is 119 Å². The summed E-state index contributed by atoms with van der Waals surface area (Å²) in [6, 6.07) is 8.22. The first kappa shape index (κ1) is 12.8. The zero-order valence-corrected chi connectivity index (χ0v) is 12.0. The van der Waals surface area contributed by atoms with Crippen LogP contribution in [0.25, 0.3) is 11.3 Å². The Morgan fingerprint density at radius 1 is 1.21 bits per heavy atom. The third kappa shape index (κ3) is 2.33. The Hall–Kier alpha value is -1.19. The van der Waals surface area contributed by atoms with Gasteiger partial charge in [-0.05, 0) is 55.8 Å². The van der Waals surface area contributed by atoms with Crippen LogP contribution in [0.1, 0.15) is 35.3 Å². The lowest BCUT2D eigenvalue weighted by Crippen LogP contribution is -1.99. The molecule has 0 aliphatic heterocycles. The minimum absolute atomic E-state index is 0.490. The van der Waals surface area contributed by atoms with Crippen molar-refractivity contribution in [1.29, 1.82) is 0 Å². The molecule has 0 fully saturated rings. The Morgan fingerprint density at radius 3 is 2.79 bits per heavy atom. The molecule has 2 aromatic rings. The van der Waals surface area contributed by atoms with E-state index in [2.05, 4.69) is 32.0 Å². The second-order valence-corrected chi connectivity index (χ2v) is 5.35. The Bertz CT molecular complexity index is 586. The van der Waals surface area contributed by atoms with Gasteiger partial charge in [-0.15, -0.1) is 0 Å². The van der Waals surface area contributed by atoms with E-state index in [1.807, 2.05) is 12.1 Å². The van der Waals surface area contributed by atoms with Crippen LogP contribution in [-0.4, -0.2) is 0 Å². The van der Waals surface area contributed by atoms with Crippen molar-refractivity contribution in [2.45, 2.75) is 39.2 Å². The number of aryl methyl sites for hydroxylation is 1. The molecule has 0 atom stereocenters. The maximum atomic E-state index is 6.13. The third-order valence-electron chi connectivity index (χ3n) is 3.92. The summed E-state index contributed by atoms with van der Waals surface area (Å²) in [6.07, 6.45) is 4.73. The predicted octanol–water partition coefficient (Wildman–Crippen LogP) is 4.50. The molecule has 0 saturated heterocycles. The van der Waals surface area contributed by atoms with Gasteiger partial charge >= 0.3 is 0 Å². The molecule has 0 radical (unpaired) electrons. The highest BCUT2D eigenvalue weighted by atomic mass is 32.1. The standard InChI is InChI=1S/C16H18O2S/c1-11-13-7-4-5-9-15(13)18-16(11)14-8-3-2-6-12(14)10-17-19/h2-3,6,8,19H,4-5,7,9-10H2,1H3. The number of thiol groups is 1. The van der Waals surface area contributed by atoms with Crippen molar-refractivity contribution in [1.82, 2.24) is 0 Å². The molecule has 1 aromatic carbocycles. The van der Waals surface area contributed by atoms with Crippen LogP contribution in [-0.2, 0) is 23.6 Å². The van der Waals surface area contributed by atoms with Crippen molar-refractivity contribution in [2.24, 2.45) is 0 Å². The predicted molar refractivity (Wildman–Crippen MR) is 79.3 cm³/mol. The van der Waals surface area contributed by atoms with E-state index in [0.29, 0.717) is 6.61 Å². The summed E-state index contributed by atoms with van der Waals surface area (Å²) >= 11 is 3.86. The van der Waals surface area contributed by atoms with Gasteiger partial charge in [-0.2, -0.15) is 0 Å². The topological polar surface area (TPSA) is 22.4 Å². The Balaban J connectivity index is 2.09. The molecule has 0 saturated carbocycles. The van der Waals surface area contributed by atoms with E-state index in [-0.39, 0.29) is 0 Å². The fourth-order valence-electron chi connectivity index (χ4n) is 2.92. The maximum Gasteiger partial charge on any atom is 0.137 e. The summed E-state index contributed by atoms with van der Waals surface area (Å²) in [6.45, 7) is 2.66. The van der Waals surface area contributed by atoms with Gasteiger partial charge in [0.05, 0.1) is 6.61 Å². The van der Waals surface area contributed by atoms with Crippen LogP contribution in [0, 0.1) is 6.92 Å². The molecule has 1 aliphatic rings. The van der Waals surface area contributed by atoms with Crippen LogP contribution in [0.4, 0.5) is 0 Å². The smallest absolute Gasteiger partial charge is 0.137 e. The summed E-state index contributed by atoms with van der Waals surface area (Å²) in [4.78, 5) is 0. The molecule has 100 valence electrons. The van der Waals surface area contributed by atoms with Crippen molar-refractivity contribution in [3.8, 4) is 11.3 Å². The Morgan fingerprint density at radius 2 is 2.00 bits per heavy atom. The van der Waals surface area contributed by atoms with Gasteiger partial charge < -0.3 is 8.60 Å². The molecule has 19 heavy (non-hydrogen) atoms. The van der Waals surface area contributed by atoms with E-state index in [4.69, 9.17) is 8.60 Å². The van der Waals surface area contributed by atoms with E-state index >= 15 is 0 Å². The first-order valence-corrected chi connectivity index (χ1v) is 7.13. The molecule has 0 unspecified atom stereocenters. The lowest BCUT2D eigenvalue weighted by Gasteiger charge is -2.08. The molecule has 0 amide bonds. The number of hydrogen-bond acceptors (Lipinski definition) is 3.